The van der Waals surface area contributed by atoms with Crippen molar-refractivity contribution in [1.29, 1.82) is 0 Å². The van der Waals surface area contributed by atoms with Crippen molar-refractivity contribution in [3.05, 3.63) is 74.6 Å². The molecule has 2 aliphatic rings. The summed E-state index contributed by atoms with van der Waals surface area (Å²) in [6.07, 6.45) is 2.71. The van der Waals surface area contributed by atoms with Gasteiger partial charge >= 0.3 is 0 Å². The zero-order valence-corrected chi connectivity index (χ0v) is 25.4. The number of amides is 1. The van der Waals surface area contributed by atoms with Crippen molar-refractivity contribution in [3.63, 3.8) is 0 Å². The number of hydrogen-bond acceptors (Lipinski definition) is 9. The van der Waals surface area contributed by atoms with E-state index >= 15 is 0 Å². The second-order valence-electron chi connectivity index (χ2n) is 11.3. The van der Waals surface area contributed by atoms with Gasteiger partial charge in [0.1, 0.15) is 5.15 Å². The fourth-order valence-corrected chi connectivity index (χ4v) is 6.70. The zero-order chi connectivity index (χ0) is 30.1. The molecule has 1 aromatic carbocycles. The maximum Gasteiger partial charge on any atom is 0.285 e. The molecule has 1 unspecified atom stereocenters. The SMILES string of the molecule is Cc1cc([C@@H](C)Nc2ccc(Cl)nc2C(=O)NS(C)(=O)=O)c2nc(N3C[C@@H]4C(n5nccc5C)[C@@H]4C3)n(C)c(=O)c2c1. The van der Waals surface area contributed by atoms with E-state index < -0.39 is 22.0 Å². The topological polar surface area (TPSA) is 144 Å². The second kappa shape index (κ2) is 10.1. The van der Waals surface area contributed by atoms with Gasteiger partial charge in [-0.05, 0) is 50.6 Å². The van der Waals surface area contributed by atoms with Gasteiger partial charge in [-0.2, -0.15) is 5.10 Å². The minimum Gasteiger partial charge on any atom is -0.377 e. The summed E-state index contributed by atoms with van der Waals surface area (Å²) >= 11 is 6.03. The number of aryl methyl sites for hydroxylation is 2. The highest BCUT2D eigenvalue weighted by atomic mass is 35.5. The average molecular weight is 611 g/mol. The highest BCUT2D eigenvalue weighted by Crippen LogP contribution is 2.55. The van der Waals surface area contributed by atoms with Crippen LogP contribution in [0.1, 0.15) is 46.3 Å². The van der Waals surface area contributed by atoms with Crippen LogP contribution in [0.4, 0.5) is 11.6 Å². The number of aromatic nitrogens is 5. The molecule has 220 valence electrons. The third kappa shape index (κ3) is 5.00. The van der Waals surface area contributed by atoms with E-state index in [-0.39, 0.29) is 22.1 Å². The number of benzene rings is 1. The number of pyridine rings is 1. The lowest BCUT2D eigenvalue weighted by atomic mass is 10.0. The summed E-state index contributed by atoms with van der Waals surface area (Å²) in [5, 5.41) is 8.28. The minimum absolute atomic E-state index is 0.0382. The lowest BCUT2D eigenvalue weighted by Crippen LogP contribution is -2.33. The van der Waals surface area contributed by atoms with Gasteiger partial charge in [-0.1, -0.05) is 17.7 Å². The van der Waals surface area contributed by atoms with Gasteiger partial charge in [0.25, 0.3) is 11.5 Å². The number of nitrogens with zero attached hydrogens (tertiary/aromatic N) is 6. The Bertz CT molecular complexity index is 1910. The van der Waals surface area contributed by atoms with Gasteiger partial charge in [0, 0.05) is 49.4 Å². The lowest BCUT2D eigenvalue weighted by molar-refractivity contribution is 0.0977. The predicted octanol–water partition coefficient (Wildman–Crippen LogP) is 2.97. The third-order valence-electron chi connectivity index (χ3n) is 8.11. The maximum atomic E-state index is 13.6. The summed E-state index contributed by atoms with van der Waals surface area (Å²) in [5.74, 6) is 0.593. The van der Waals surface area contributed by atoms with Crippen molar-refractivity contribution in [2.75, 3.05) is 29.6 Å². The number of anilines is 2. The van der Waals surface area contributed by atoms with Crippen LogP contribution in [0, 0.1) is 25.7 Å². The van der Waals surface area contributed by atoms with Gasteiger partial charge < -0.3 is 10.2 Å². The molecule has 2 fully saturated rings. The van der Waals surface area contributed by atoms with Gasteiger partial charge in [-0.15, -0.1) is 0 Å². The molecule has 12 nitrogen and oxygen atoms in total. The van der Waals surface area contributed by atoms with Crippen LogP contribution in [0.5, 0.6) is 0 Å². The molecule has 1 aliphatic heterocycles. The van der Waals surface area contributed by atoms with Crippen molar-refractivity contribution in [3.8, 4) is 0 Å². The first-order valence-electron chi connectivity index (χ1n) is 13.5. The van der Waals surface area contributed by atoms with Crippen molar-refractivity contribution in [2.24, 2.45) is 18.9 Å². The van der Waals surface area contributed by atoms with Crippen LogP contribution < -0.4 is 20.5 Å². The van der Waals surface area contributed by atoms with E-state index in [9.17, 15) is 18.0 Å². The fourth-order valence-electron chi connectivity index (χ4n) is 6.12. The Balaban J connectivity index is 1.34. The highest BCUT2D eigenvalue weighted by molar-refractivity contribution is 7.89. The van der Waals surface area contributed by atoms with E-state index in [0.717, 1.165) is 36.2 Å². The summed E-state index contributed by atoms with van der Waals surface area (Å²) in [6, 6.07) is 8.80. The molecule has 1 amide bonds. The van der Waals surface area contributed by atoms with Crippen LogP contribution >= 0.6 is 11.6 Å². The smallest absolute Gasteiger partial charge is 0.285 e. The second-order valence-corrected chi connectivity index (χ2v) is 13.4. The molecule has 6 rings (SSSR count). The molecular weight excluding hydrogens is 580 g/mol. The first-order chi connectivity index (χ1) is 19.8. The Kier molecular flexibility index (Phi) is 6.76. The molecule has 1 aliphatic carbocycles. The van der Waals surface area contributed by atoms with Crippen LogP contribution in [0.3, 0.4) is 0 Å². The number of hydrogen-bond donors (Lipinski definition) is 2. The standard InChI is InChI=1S/C28H31ClN8O4S/c1-14-10-17(16(3)31-21-6-7-22(29)32-24(21)26(38)34-42(5,40)41)23-18(11-14)27(39)35(4)28(33-23)36-12-19-20(13-36)25(19)37-15(2)8-9-30-37/h6-11,16,19-20,25,31H,12-13H2,1-5H3,(H,34,38)/t16-,19-,20+,25?/m1/s1. The highest BCUT2D eigenvalue weighted by Gasteiger charge is 2.58. The normalized spacial score (nSPS) is 20.4. The maximum absolute atomic E-state index is 13.6. The van der Waals surface area contributed by atoms with Gasteiger partial charge in [-0.25, -0.2) is 23.1 Å². The summed E-state index contributed by atoms with van der Waals surface area (Å²) in [7, 11) is -2.08. The summed E-state index contributed by atoms with van der Waals surface area (Å²) in [4.78, 5) is 37.6. The number of carbonyl (C=O) groups is 1. The first-order valence-corrected chi connectivity index (χ1v) is 15.8. The van der Waals surface area contributed by atoms with Crippen molar-refractivity contribution in [1.82, 2.24) is 29.0 Å². The largest absolute Gasteiger partial charge is 0.377 e. The average Bonchev–Trinajstić information content (AvgIpc) is 3.21. The monoisotopic (exact) mass is 610 g/mol. The van der Waals surface area contributed by atoms with E-state index in [1.54, 1.807) is 17.7 Å². The van der Waals surface area contributed by atoms with Crippen LogP contribution in [0.15, 0.2) is 41.3 Å². The Labute approximate surface area is 247 Å². The molecule has 0 radical (unpaired) electrons. The van der Waals surface area contributed by atoms with E-state index in [4.69, 9.17) is 16.6 Å². The molecule has 4 heterocycles. The molecule has 1 saturated carbocycles. The number of sulfonamides is 1. The van der Waals surface area contributed by atoms with E-state index in [0.29, 0.717) is 34.7 Å². The number of carbonyl (C=O) groups excluding carboxylic acids is 1. The number of rotatable bonds is 7. The lowest BCUT2D eigenvalue weighted by Gasteiger charge is -2.25. The van der Waals surface area contributed by atoms with Gasteiger partial charge in [0.05, 0.1) is 34.9 Å². The number of fused-ring (bicyclic) bond motifs is 2. The number of piperidine rings is 1. The third-order valence-corrected chi connectivity index (χ3v) is 8.87. The van der Waals surface area contributed by atoms with Gasteiger partial charge in [-0.3, -0.25) is 18.8 Å². The van der Waals surface area contributed by atoms with Gasteiger partial charge in [0.2, 0.25) is 16.0 Å². The predicted molar refractivity (Wildman–Crippen MR) is 161 cm³/mol. The Hall–Kier alpha value is -3.97. The van der Waals surface area contributed by atoms with E-state index in [2.05, 4.69) is 31.9 Å². The molecule has 0 spiro atoms. The Morgan fingerprint density at radius 3 is 2.48 bits per heavy atom. The van der Waals surface area contributed by atoms with Crippen LogP contribution in [-0.2, 0) is 17.1 Å². The quantitative estimate of drug-likeness (QED) is 0.302. The minimum atomic E-state index is -3.82. The van der Waals surface area contributed by atoms with Crippen LogP contribution in [0.2, 0.25) is 5.15 Å². The summed E-state index contributed by atoms with van der Waals surface area (Å²) < 4.78 is 29.0. The molecule has 4 atom stereocenters. The van der Waals surface area contributed by atoms with Gasteiger partial charge in [0.15, 0.2) is 5.69 Å². The van der Waals surface area contributed by atoms with Crippen LogP contribution in [-0.4, -0.2) is 58.0 Å². The van der Waals surface area contributed by atoms with E-state index in [1.807, 2.05) is 43.0 Å². The molecule has 2 N–H and O–H groups in total. The van der Waals surface area contributed by atoms with Crippen molar-refractivity contribution >= 4 is 50.1 Å². The summed E-state index contributed by atoms with van der Waals surface area (Å²) in [5.41, 5.74) is 3.30. The molecule has 42 heavy (non-hydrogen) atoms. The Morgan fingerprint density at radius 2 is 1.83 bits per heavy atom. The molecule has 0 bridgehead atoms. The molecule has 1 saturated heterocycles. The summed E-state index contributed by atoms with van der Waals surface area (Å²) in [6.45, 7) is 7.41. The number of halogens is 1. The zero-order valence-electron chi connectivity index (χ0n) is 23.8. The molecular formula is C28H31ClN8O4S. The fraction of sp³-hybridized carbons (Fsp3) is 0.393. The Morgan fingerprint density at radius 1 is 1.12 bits per heavy atom. The molecule has 14 heteroatoms. The molecule has 3 aromatic heterocycles. The molecule has 4 aromatic rings. The first kappa shape index (κ1) is 28.2. The number of nitrogens with one attached hydrogen (secondary N) is 2. The van der Waals surface area contributed by atoms with Crippen molar-refractivity contribution in [2.45, 2.75) is 32.9 Å². The van der Waals surface area contributed by atoms with Crippen molar-refractivity contribution < 1.29 is 13.2 Å². The van der Waals surface area contributed by atoms with E-state index in [1.165, 1.54) is 6.07 Å². The van der Waals surface area contributed by atoms with Crippen LogP contribution in [0.25, 0.3) is 10.9 Å².